The van der Waals surface area contributed by atoms with Gasteiger partial charge in [0.2, 0.25) is 5.82 Å². The van der Waals surface area contributed by atoms with Crippen molar-refractivity contribution in [2.24, 2.45) is 0 Å². The van der Waals surface area contributed by atoms with Crippen LogP contribution in [0.5, 0.6) is 5.75 Å². The molecule has 7 nitrogen and oxygen atoms in total. The van der Waals surface area contributed by atoms with Crippen LogP contribution in [0.4, 0.5) is 8.78 Å². The first-order valence-electron chi connectivity index (χ1n) is 9.91. The lowest BCUT2D eigenvalue weighted by atomic mass is 9.76. The van der Waals surface area contributed by atoms with Gasteiger partial charge in [-0.15, -0.1) is 0 Å². The fourth-order valence-electron chi connectivity index (χ4n) is 4.15. The molecule has 4 rings (SSSR count). The van der Waals surface area contributed by atoms with Crippen molar-refractivity contribution >= 4 is 11.6 Å². The van der Waals surface area contributed by atoms with Crippen LogP contribution in [0, 0.1) is 6.92 Å². The molecule has 1 saturated carbocycles. The number of aryl methyl sites for hydroxylation is 1. The van der Waals surface area contributed by atoms with Crippen molar-refractivity contribution in [1.29, 1.82) is 0 Å². The number of benzene rings is 1. The monoisotopic (exact) mass is 415 g/mol. The Hall–Kier alpha value is -3.10. The fourth-order valence-corrected chi connectivity index (χ4v) is 4.15. The molecule has 158 valence electrons. The van der Waals surface area contributed by atoms with Gasteiger partial charge in [0, 0.05) is 0 Å². The fraction of sp³-hybridized carbons (Fsp3) is 0.429. The first kappa shape index (κ1) is 20.2. The molecule has 1 amide bonds. The number of ether oxygens (including phenoxy) is 1. The quantitative estimate of drug-likeness (QED) is 0.682. The maximum absolute atomic E-state index is 13.3. The summed E-state index contributed by atoms with van der Waals surface area (Å²) in [6, 6.07) is 7.67. The number of hydrogen-bond acceptors (Lipinski definition) is 5. The summed E-state index contributed by atoms with van der Waals surface area (Å²) in [5.41, 5.74) is 0.687. The van der Waals surface area contributed by atoms with Gasteiger partial charge in [0.25, 0.3) is 12.3 Å². The van der Waals surface area contributed by atoms with E-state index in [4.69, 9.17) is 4.74 Å². The molecule has 1 fully saturated rings. The van der Waals surface area contributed by atoms with Gasteiger partial charge in [0.05, 0.1) is 18.8 Å². The summed E-state index contributed by atoms with van der Waals surface area (Å²) in [7, 11) is 1.61. The van der Waals surface area contributed by atoms with Crippen molar-refractivity contribution in [1.82, 2.24) is 24.9 Å². The molecule has 30 heavy (non-hydrogen) atoms. The third-order valence-corrected chi connectivity index (χ3v) is 5.65. The molecule has 0 atom stereocenters. The largest absolute Gasteiger partial charge is 0.497 e. The van der Waals surface area contributed by atoms with E-state index in [0.717, 1.165) is 47.9 Å². The highest BCUT2D eigenvalue weighted by molar-refractivity contribution is 6.00. The van der Waals surface area contributed by atoms with E-state index in [-0.39, 0.29) is 22.9 Å². The van der Waals surface area contributed by atoms with E-state index < -0.39 is 17.8 Å². The Morgan fingerprint density at radius 1 is 1.17 bits per heavy atom. The topological polar surface area (TPSA) is 81.4 Å². The molecule has 0 spiro atoms. The molecule has 1 aromatic carbocycles. The molecular weight excluding hydrogens is 392 g/mol. The van der Waals surface area contributed by atoms with Gasteiger partial charge in [-0.25, -0.2) is 18.7 Å². The van der Waals surface area contributed by atoms with E-state index in [9.17, 15) is 13.6 Å². The molecule has 3 aromatic rings. The van der Waals surface area contributed by atoms with Crippen LogP contribution in [-0.4, -0.2) is 32.6 Å². The summed E-state index contributed by atoms with van der Waals surface area (Å²) in [5.74, 6) is -0.0135. The first-order chi connectivity index (χ1) is 14.4. The molecule has 0 aliphatic heterocycles. The minimum atomic E-state index is -2.83. The highest BCUT2D eigenvalue weighted by Gasteiger charge is 2.36. The number of fused-ring (bicyclic) bond motifs is 1. The average molecular weight is 415 g/mol. The summed E-state index contributed by atoms with van der Waals surface area (Å²) in [6.07, 6.45) is 3.11. The zero-order valence-electron chi connectivity index (χ0n) is 16.9. The van der Waals surface area contributed by atoms with Gasteiger partial charge in [-0.2, -0.15) is 9.61 Å². The Morgan fingerprint density at radius 2 is 1.87 bits per heavy atom. The second-order valence-electron chi connectivity index (χ2n) is 7.55. The van der Waals surface area contributed by atoms with Crippen LogP contribution in [0.25, 0.3) is 5.65 Å². The number of nitrogens with one attached hydrogen (secondary N) is 1. The van der Waals surface area contributed by atoms with Crippen molar-refractivity contribution in [3.05, 3.63) is 53.2 Å². The molecule has 2 aromatic heterocycles. The maximum atomic E-state index is 13.3. The molecule has 0 unspecified atom stereocenters. The summed E-state index contributed by atoms with van der Waals surface area (Å²) in [6.45, 7) is 1.51. The van der Waals surface area contributed by atoms with Crippen LogP contribution >= 0.6 is 0 Å². The van der Waals surface area contributed by atoms with E-state index in [0.29, 0.717) is 0 Å². The lowest BCUT2D eigenvalue weighted by Gasteiger charge is -2.38. The summed E-state index contributed by atoms with van der Waals surface area (Å²) >= 11 is 0. The smallest absolute Gasteiger partial charge is 0.297 e. The van der Waals surface area contributed by atoms with Crippen molar-refractivity contribution < 1.29 is 18.3 Å². The molecule has 1 aliphatic rings. The van der Waals surface area contributed by atoms with Gasteiger partial charge < -0.3 is 10.1 Å². The molecular formula is C21H23F2N5O2. The molecule has 1 N–H and O–H groups in total. The number of methoxy groups -OCH3 is 1. The van der Waals surface area contributed by atoms with Gasteiger partial charge in [0.1, 0.15) is 17.1 Å². The summed E-state index contributed by atoms with van der Waals surface area (Å²) in [4.78, 5) is 21.2. The van der Waals surface area contributed by atoms with Crippen molar-refractivity contribution in [3.8, 4) is 5.75 Å². The number of carbonyl (C=O) groups excluding carboxylic acids is 1. The molecule has 0 radical (unpaired) electrons. The Bertz CT molecular complexity index is 1060. The SMILES string of the molecule is COc1ccc(C2(NC(=O)c3cnn4c(C(F)F)nc(C)nc34)CCCCC2)cc1. The van der Waals surface area contributed by atoms with Gasteiger partial charge in [0.15, 0.2) is 5.65 Å². The van der Waals surface area contributed by atoms with E-state index >= 15 is 0 Å². The standard InChI is InChI=1S/C21H23F2N5O2/c1-13-25-18-16(12-24-28(18)19(26-13)17(22)23)20(29)27-21(10-4-3-5-11-21)14-6-8-15(30-2)9-7-14/h6-9,12,17H,3-5,10-11H2,1-2H3,(H,27,29). The van der Waals surface area contributed by atoms with Gasteiger partial charge in [-0.05, 0) is 37.5 Å². The normalized spacial score (nSPS) is 16.0. The predicted octanol–water partition coefficient (Wildman–Crippen LogP) is 3.97. The average Bonchev–Trinajstić information content (AvgIpc) is 3.17. The first-order valence-corrected chi connectivity index (χ1v) is 9.91. The highest BCUT2D eigenvalue weighted by Crippen LogP contribution is 2.38. The number of aromatic nitrogens is 4. The number of rotatable bonds is 5. The second kappa shape index (κ2) is 7.97. The zero-order valence-corrected chi connectivity index (χ0v) is 16.9. The number of nitrogens with zero attached hydrogens (tertiary/aromatic N) is 4. The molecule has 0 bridgehead atoms. The lowest BCUT2D eigenvalue weighted by molar-refractivity contribution is 0.0867. The van der Waals surface area contributed by atoms with Crippen molar-refractivity contribution in [3.63, 3.8) is 0 Å². The predicted molar refractivity (Wildman–Crippen MR) is 106 cm³/mol. The third-order valence-electron chi connectivity index (χ3n) is 5.65. The van der Waals surface area contributed by atoms with Crippen LogP contribution in [0.2, 0.25) is 0 Å². The van der Waals surface area contributed by atoms with Gasteiger partial charge >= 0.3 is 0 Å². The Kier molecular flexibility index (Phi) is 5.36. The number of amides is 1. The van der Waals surface area contributed by atoms with Crippen LogP contribution in [-0.2, 0) is 5.54 Å². The third kappa shape index (κ3) is 3.59. The lowest BCUT2D eigenvalue weighted by Crippen LogP contribution is -2.47. The molecule has 9 heteroatoms. The highest BCUT2D eigenvalue weighted by atomic mass is 19.3. The molecule has 0 saturated heterocycles. The zero-order chi connectivity index (χ0) is 21.3. The van der Waals surface area contributed by atoms with Crippen molar-refractivity contribution in [2.45, 2.75) is 51.0 Å². The van der Waals surface area contributed by atoms with Crippen LogP contribution in [0.15, 0.2) is 30.5 Å². The van der Waals surface area contributed by atoms with Crippen LogP contribution in [0.3, 0.4) is 0 Å². The number of alkyl halides is 2. The van der Waals surface area contributed by atoms with Crippen LogP contribution in [0.1, 0.15) is 66.1 Å². The Morgan fingerprint density at radius 3 is 2.50 bits per heavy atom. The number of hydrogen-bond donors (Lipinski definition) is 1. The molecule has 1 aliphatic carbocycles. The maximum Gasteiger partial charge on any atom is 0.297 e. The van der Waals surface area contributed by atoms with E-state index in [2.05, 4.69) is 20.4 Å². The van der Waals surface area contributed by atoms with E-state index in [1.807, 2.05) is 24.3 Å². The van der Waals surface area contributed by atoms with E-state index in [1.165, 1.54) is 13.1 Å². The second-order valence-corrected chi connectivity index (χ2v) is 7.55. The minimum Gasteiger partial charge on any atom is -0.497 e. The Labute approximate surface area is 172 Å². The Balaban J connectivity index is 1.71. The number of halogens is 2. The number of carbonyl (C=O) groups is 1. The van der Waals surface area contributed by atoms with Crippen LogP contribution < -0.4 is 10.1 Å². The molecule has 2 heterocycles. The van der Waals surface area contributed by atoms with Gasteiger partial charge in [-0.3, -0.25) is 4.79 Å². The minimum absolute atomic E-state index is 0.0796. The van der Waals surface area contributed by atoms with Crippen molar-refractivity contribution in [2.75, 3.05) is 7.11 Å². The summed E-state index contributed by atoms with van der Waals surface area (Å²) < 4.78 is 32.9. The van der Waals surface area contributed by atoms with E-state index in [1.54, 1.807) is 7.11 Å². The summed E-state index contributed by atoms with van der Waals surface area (Å²) in [5, 5.41) is 7.12. The van der Waals surface area contributed by atoms with Gasteiger partial charge in [-0.1, -0.05) is 31.4 Å².